The van der Waals surface area contributed by atoms with Gasteiger partial charge in [-0.2, -0.15) is 5.10 Å². The highest BCUT2D eigenvalue weighted by Gasteiger charge is 2.11. The molecule has 0 saturated carbocycles. The zero-order chi connectivity index (χ0) is 17.7. The fraction of sp³-hybridized carbons (Fsp3) is 0.444. The van der Waals surface area contributed by atoms with Crippen molar-refractivity contribution in [2.75, 3.05) is 14.2 Å². The van der Waals surface area contributed by atoms with Crippen molar-refractivity contribution >= 4 is 5.91 Å². The van der Waals surface area contributed by atoms with Gasteiger partial charge in [0.1, 0.15) is 0 Å². The number of carbonyl (C=O) groups is 1. The van der Waals surface area contributed by atoms with Crippen molar-refractivity contribution in [3.05, 3.63) is 40.7 Å². The van der Waals surface area contributed by atoms with E-state index in [0.29, 0.717) is 30.9 Å². The minimum atomic E-state index is 0.0208. The number of amides is 1. The van der Waals surface area contributed by atoms with E-state index in [-0.39, 0.29) is 5.91 Å². The van der Waals surface area contributed by atoms with Crippen LogP contribution in [-0.4, -0.2) is 29.9 Å². The third-order valence-corrected chi connectivity index (χ3v) is 4.20. The molecule has 0 radical (unpaired) electrons. The minimum Gasteiger partial charge on any atom is -0.493 e. The van der Waals surface area contributed by atoms with Gasteiger partial charge in [0.05, 0.1) is 19.9 Å². The van der Waals surface area contributed by atoms with E-state index in [1.807, 2.05) is 43.8 Å². The van der Waals surface area contributed by atoms with Crippen molar-refractivity contribution in [2.24, 2.45) is 7.05 Å². The molecule has 1 N–H and O–H groups in total. The maximum Gasteiger partial charge on any atom is 0.220 e. The molecule has 0 fully saturated rings. The van der Waals surface area contributed by atoms with Gasteiger partial charge in [-0.05, 0) is 43.5 Å². The van der Waals surface area contributed by atoms with Crippen LogP contribution in [0.15, 0.2) is 18.2 Å². The number of rotatable bonds is 7. The lowest BCUT2D eigenvalue weighted by Crippen LogP contribution is -2.23. The first-order valence-corrected chi connectivity index (χ1v) is 7.93. The quantitative estimate of drug-likeness (QED) is 0.845. The van der Waals surface area contributed by atoms with Gasteiger partial charge in [0.2, 0.25) is 5.91 Å². The molecule has 6 nitrogen and oxygen atoms in total. The van der Waals surface area contributed by atoms with Crippen molar-refractivity contribution in [1.82, 2.24) is 15.1 Å². The molecule has 1 heterocycles. The molecule has 6 heteroatoms. The third kappa shape index (κ3) is 4.07. The first kappa shape index (κ1) is 17.8. The molecule has 0 aliphatic heterocycles. The summed E-state index contributed by atoms with van der Waals surface area (Å²) in [6, 6.07) is 5.62. The van der Waals surface area contributed by atoms with Crippen molar-refractivity contribution < 1.29 is 14.3 Å². The average molecular weight is 331 g/mol. The number of carbonyl (C=O) groups excluding carboxylic acids is 1. The summed E-state index contributed by atoms with van der Waals surface area (Å²) in [7, 11) is 5.11. The summed E-state index contributed by atoms with van der Waals surface area (Å²) in [5.74, 6) is 1.36. The Balaban J connectivity index is 1.89. The lowest BCUT2D eigenvalue weighted by Gasteiger charge is -2.10. The first-order valence-electron chi connectivity index (χ1n) is 7.93. The van der Waals surface area contributed by atoms with Gasteiger partial charge in [0.15, 0.2) is 11.5 Å². The summed E-state index contributed by atoms with van der Waals surface area (Å²) >= 11 is 0. The summed E-state index contributed by atoms with van der Waals surface area (Å²) in [6.45, 7) is 4.46. The lowest BCUT2D eigenvalue weighted by molar-refractivity contribution is -0.121. The summed E-state index contributed by atoms with van der Waals surface area (Å²) in [5, 5.41) is 7.32. The highest BCUT2D eigenvalue weighted by Crippen LogP contribution is 2.27. The first-order chi connectivity index (χ1) is 11.5. The van der Waals surface area contributed by atoms with E-state index in [4.69, 9.17) is 9.47 Å². The summed E-state index contributed by atoms with van der Waals surface area (Å²) in [6.07, 6.45) is 1.14. The Kier molecular flexibility index (Phi) is 5.84. The van der Waals surface area contributed by atoms with E-state index < -0.39 is 0 Å². The van der Waals surface area contributed by atoms with Crippen LogP contribution in [0.5, 0.6) is 11.5 Å². The number of ether oxygens (including phenoxy) is 2. The van der Waals surface area contributed by atoms with E-state index in [9.17, 15) is 4.79 Å². The molecular formula is C18H25N3O3. The van der Waals surface area contributed by atoms with Crippen LogP contribution in [0.4, 0.5) is 0 Å². The number of benzene rings is 1. The van der Waals surface area contributed by atoms with Gasteiger partial charge in [-0.15, -0.1) is 0 Å². The fourth-order valence-electron chi connectivity index (χ4n) is 2.70. The molecule has 130 valence electrons. The van der Waals surface area contributed by atoms with Crippen LogP contribution in [0.25, 0.3) is 0 Å². The van der Waals surface area contributed by atoms with E-state index >= 15 is 0 Å². The van der Waals surface area contributed by atoms with Crippen LogP contribution in [0.3, 0.4) is 0 Å². The second kappa shape index (κ2) is 7.86. The molecule has 0 spiro atoms. The van der Waals surface area contributed by atoms with Crippen molar-refractivity contribution in [3.8, 4) is 11.5 Å². The normalized spacial score (nSPS) is 10.5. The van der Waals surface area contributed by atoms with Crippen LogP contribution >= 0.6 is 0 Å². The molecule has 1 aromatic carbocycles. The predicted molar refractivity (Wildman–Crippen MR) is 92.4 cm³/mol. The van der Waals surface area contributed by atoms with E-state index in [2.05, 4.69) is 10.4 Å². The molecule has 0 unspecified atom stereocenters. The summed E-state index contributed by atoms with van der Waals surface area (Å²) in [4.78, 5) is 12.1. The zero-order valence-corrected chi connectivity index (χ0v) is 15.0. The maximum atomic E-state index is 12.1. The number of aromatic nitrogens is 2. The summed E-state index contributed by atoms with van der Waals surface area (Å²) < 4.78 is 12.3. The molecule has 1 aromatic heterocycles. The van der Waals surface area contributed by atoms with Gasteiger partial charge in [0.25, 0.3) is 0 Å². The Morgan fingerprint density at radius 1 is 1.21 bits per heavy atom. The Bertz CT molecular complexity index is 723. The van der Waals surface area contributed by atoms with Gasteiger partial charge in [-0.1, -0.05) is 6.07 Å². The lowest BCUT2D eigenvalue weighted by atomic mass is 10.1. The van der Waals surface area contributed by atoms with Gasteiger partial charge >= 0.3 is 0 Å². The average Bonchev–Trinajstić information content (AvgIpc) is 2.83. The molecule has 0 atom stereocenters. The molecule has 2 rings (SSSR count). The largest absolute Gasteiger partial charge is 0.493 e. The van der Waals surface area contributed by atoms with Crippen LogP contribution in [-0.2, 0) is 24.8 Å². The standard InChI is InChI=1S/C18H25N3O3/c1-12-15(13(2)21(3)20-12)7-9-18(22)19-11-14-6-8-16(23-4)17(10-14)24-5/h6,8,10H,7,9,11H2,1-5H3,(H,19,22). The summed E-state index contributed by atoms with van der Waals surface area (Å²) in [5.41, 5.74) is 4.22. The highest BCUT2D eigenvalue weighted by atomic mass is 16.5. The Labute approximate surface area is 142 Å². The number of hydrogen-bond acceptors (Lipinski definition) is 4. The van der Waals surface area contributed by atoms with Crippen LogP contribution < -0.4 is 14.8 Å². The number of nitrogens with zero attached hydrogens (tertiary/aromatic N) is 2. The topological polar surface area (TPSA) is 65.4 Å². The van der Waals surface area contributed by atoms with Crippen molar-refractivity contribution in [2.45, 2.75) is 33.2 Å². The Hall–Kier alpha value is -2.50. The van der Waals surface area contributed by atoms with Crippen LogP contribution in [0, 0.1) is 13.8 Å². The van der Waals surface area contributed by atoms with Gasteiger partial charge in [0, 0.05) is 25.7 Å². The van der Waals surface area contributed by atoms with Gasteiger partial charge < -0.3 is 14.8 Å². The smallest absolute Gasteiger partial charge is 0.220 e. The number of nitrogens with one attached hydrogen (secondary N) is 1. The molecule has 0 bridgehead atoms. The fourth-order valence-corrected chi connectivity index (χ4v) is 2.70. The molecule has 1 amide bonds. The number of hydrogen-bond donors (Lipinski definition) is 1. The Morgan fingerprint density at radius 2 is 1.92 bits per heavy atom. The third-order valence-electron chi connectivity index (χ3n) is 4.20. The number of aryl methyl sites for hydroxylation is 2. The van der Waals surface area contributed by atoms with Crippen molar-refractivity contribution in [1.29, 1.82) is 0 Å². The zero-order valence-electron chi connectivity index (χ0n) is 15.0. The molecule has 0 aliphatic rings. The van der Waals surface area contributed by atoms with E-state index in [1.54, 1.807) is 14.2 Å². The predicted octanol–water partition coefficient (Wildman–Crippen LogP) is 2.30. The van der Waals surface area contributed by atoms with E-state index in [1.165, 1.54) is 0 Å². The molecular weight excluding hydrogens is 306 g/mol. The second-order valence-corrected chi connectivity index (χ2v) is 5.74. The minimum absolute atomic E-state index is 0.0208. The van der Waals surface area contributed by atoms with Gasteiger partial charge in [-0.25, -0.2) is 0 Å². The maximum absolute atomic E-state index is 12.1. The molecule has 0 aliphatic carbocycles. The number of methoxy groups -OCH3 is 2. The Morgan fingerprint density at radius 3 is 2.50 bits per heavy atom. The van der Waals surface area contributed by atoms with E-state index in [0.717, 1.165) is 22.5 Å². The monoisotopic (exact) mass is 331 g/mol. The van der Waals surface area contributed by atoms with Crippen molar-refractivity contribution in [3.63, 3.8) is 0 Å². The van der Waals surface area contributed by atoms with Crippen LogP contribution in [0.2, 0.25) is 0 Å². The molecule has 2 aromatic rings. The molecule has 0 saturated heterocycles. The van der Waals surface area contributed by atoms with Crippen LogP contribution in [0.1, 0.15) is 28.9 Å². The molecule has 24 heavy (non-hydrogen) atoms. The highest BCUT2D eigenvalue weighted by molar-refractivity contribution is 5.76. The van der Waals surface area contributed by atoms with Gasteiger partial charge in [-0.3, -0.25) is 9.48 Å². The second-order valence-electron chi connectivity index (χ2n) is 5.74. The SMILES string of the molecule is COc1ccc(CNC(=O)CCc2c(C)nn(C)c2C)cc1OC.